The standard InChI is InChI=1S/C43H88NO7P/c1-3-5-7-9-11-13-15-17-18-19-20-21-22-23-24-26-28-30-32-34-36-43(45)51-42(41-50-52(46,47)49-39-37-44)40-48-38-35-33-31-29-27-25-16-14-12-10-8-6-4-2/h42H,3-41,44H2,1-2H3,(H,46,47). The average Bonchev–Trinajstić information content (AvgIpc) is 3.13. The predicted octanol–water partition coefficient (Wildman–Crippen LogP) is 13.3. The third-order valence-corrected chi connectivity index (χ3v) is 11.0. The molecule has 52 heavy (non-hydrogen) atoms. The number of rotatable bonds is 44. The number of hydrogen-bond acceptors (Lipinski definition) is 7. The van der Waals surface area contributed by atoms with E-state index in [1.807, 2.05) is 0 Å². The molecule has 0 aromatic rings. The van der Waals surface area contributed by atoms with E-state index in [9.17, 15) is 14.3 Å². The fourth-order valence-corrected chi connectivity index (χ4v) is 7.47. The molecule has 2 atom stereocenters. The molecule has 0 aliphatic carbocycles. The van der Waals surface area contributed by atoms with Crippen LogP contribution in [-0.4, -0.2) is 49.9 Å². The third kappa shape index (κ3) is 40.7. The first kappa shape index (κ1) is 51.5. The van der Waals surface area contributed by atoms with Crippen molar-refractivity contribution in [3.63, 3.8) is 0 Å². The van der Waals surface area contributed by atoms with Crippen LogP contribution in [0.15, 0.2) is 0 Å². The summed E-state index contributed by atoms with van der Waals surface area (Å²) >= 11 is 0. The Kier molecular flexibility index (Phi) is 41.3. The van der Waals surface area contributed by atoms with Crippen molar-refractivity contribution in [2.75, 3.05) is 33.0 Å². The number of nitrogens with two attached hydrogens (primary N) is 1. The highest BCUT2D eigenvalue weighted by atomic mass is 31.2. The Morgan fingerprint density at radius 3 is 1.21 bits per heavy atom. The number of hydrogen-bond donors (Lipinski definition) is 2. The van der Waals surface area contributed by atoms with Crippen LogP contribution in [0.25, 0.3) is 0 Å². The molecule has 0 amide bonds. The molecule has 0 rings (SSSR count). The van der Waals surface area contributed by atoms with Crippen LogP contribution in [0.3, 0.4) is 0 Å². The predicted molar refractivity (Wildman–Crippen MR) is 220 cm³/mol. The van der Waals surface area contributed by atoms with Crippen molar-refractivity contribution in [1.29, 1.82) is 0 Å². The summed E-state index contributed by atoms with van der Waals surface area (Å²) in [5, 5.41) is 0. The fourth-order valence-electron chi connectivity index (χ4n) is 6.70. The number of carbonyl (C=O) groups is 1. The number of unbranched alkanes of at least 4 members (excludes halogenated alkanes) is 31. The van der Waals surface area contributed by atoms with E-state index in [0.717, 1.165) is 32.1 Å². The molecule has 0 aromatic heterocycles. The highest BCUT2D eigenvalue weighted by Crippen LogP contribution is 2.43. The molecule has 0 aliphatic rings. The number of carbonyl (C=O) groups excluding carboxylic acids is 1. The minimum absolute atomic E-state index is 0.0901. The zero-order valence-electron chi connectivity index (χ0n) is 34.6. The SMILES string of the molecule is CCCCCCCCCCCCCCCCCCCCCCC(=O)OC(COCCCCCCCCCCCCCCC)COP(=O)(O)OCCN. The van der Waals surface area contributed by atoms with E-state index in [1.165, 1.54) is 180 Å². The maximum Gasteiger partial charge on any atom is 0.472 e. The van der Waals surface area contributed by atoms with Crippen LogP contribution in [0.2, 0.25) is 0 Å². The summed E-state index contributed by atoms with van der Waals surface area (Å²) in [4.78, 5) is 22.5. The van der Waals surface area contributed by atoms with Crippen LogP contribution in [0.5, 0.6) is 0 Å². The Labute approximate surface area is 322 Å². The number of esters is 1. The second kappa shape index (κ2) is 41.7. The van der Waals surface area contributed by atoms with E-state index in [-0.39, 0.29) is 32.3 Å². The molecule has 8 nitrogen and oxygen atoms in total. The van der Waals surface area contributed by atoms with Crippen LogP contribution in [0.1, 0.15) is 232 Å². The summed E-state index contributed by atoms with van der Waals surface area (Å²) in [5.74, 6) is -0.323. The maximum atomic E-state index is 12.6. The van der Waals surface area contributed by atoms with E-state index in [4.69, 9.17) is 24.3 Å². The minimum atomic E-state index is -4.27. The van der Waals surface area contributed by atoms with Gasteiger partial charge in [0.2, 0.25) is 0 Å². The summed E-state index contributed by atoms with van der Waals surface area (Å²) in [5.41, 5.74) is 5.37. The van der Waals surface area contributed by atoms with Gasteiger partial charge in [0, 0.05) is 19.6 Å². The molecule has 0 bridgehead atoms. The summed E-state index contributed by atoms with van der Waals surface area (Å²) in [6, 6.07) is 0. The number of ether oxygens (including phenoxy) is 2. The molecule has 312 valence electrons. The van der Waals surface area contributed by atoms with Crippen molar-refractivity contribution in [3.8, 4) is 0 Å². The monoisotopic (exact) mass is 762 g/mol. The van der Waals surface area contributed by atoms with Gasteiger partial charge < -0.3 is 20.1 Å². The van der Waals surface area contributed by atoms with Crippen molar-refractivity contribution >= 4 is 13.8 Å². The van der Waals surface area contributed by atoms with E-state index >= 15 is 0 Å². The molecule has 2 unspecified atom stereocenters. The zero-order chi connectivity index (χ0) is 38.1. The van der Waals surface area contributed by atoms with Gasteiger partial charge in [0.25, 0.3) is 0 Å². The second-order valence-electron chi connectivity index (χ2n) is 15.3. The molecule has 9 heteroatoms. The smallest absolute Gasteiger partial charge is 0.457 e. The van der Waals surface area contributed by atoms with E-state index in [2.05, 4.69) is 13.8 Å². The van der Waals surface area contributed by atoms with Gasteiger partial charge in [-0.05, 0) is 12.8 Å². The Hall–Kier alpha value is -0.500. The third-order valence-electron chi connectivity index (χ3n) is 10.0. The van der Waals surface area contributed by atoms with E-state index < -0.39 is 13.9 Å². The Morgan fingerprint density at radius 2 is 0.846 bits per heavy atom. The van der Waals surface area contributed by atoms with Gasteiger partial charge in [0.1, 0.15) is 6.10 Å². The molecule has 0 saturated heterocycles. The molecule has 0 spiro atoms. The first-order valence-corrected chi connectivity index (χ1v) is 24.0. The first-order valence-electron chi connectivity index (χ1n) is 22.5. The van der Waals surface area contributed by atoms with Crippen LogP contribution in [-0.2, 0) is 27.9 Å². The molecular weight excluding hydrogens is 673 g/mol. The molecule has 0 heterocycles. The van der Waals surface area contributed by atoms with Crippen LogP contribution in [0.4, 0.5) is 0 Å². The molecule has 0 aliphatic heterocycles. The van der Waals surface area contributed by atoms with Crippen molar-refractivity contribution in [3.05, 3.63) is 0 Å². The van der Waals surface area contributed by atoms with Gasteiger partial charge in [-0.25, -0.2) is 4.57 Å². The highest BCUT2D eigenvalue weighted by Gasteiger charge is 2.25. The molecular formula is C43H88NO7P. The molecule has 0 fully saturated rings. The van der Waals surface area contributed by atoms with Gasteiger partial charge in [0.15, 0.2) is 0 Å². The Bertz CT molecular complexity index is 772. The van der Waals surface area contributed by atoms with Crippen molar-refractivity contribution < 1.29 is 32.8 Å². The van der Waals surface area contributed by atoms with Crippen LogP contribution >= 0.6 is 7.82 Å². The lowest BCUT2D eigenvalue weighted by atomic mass is 10.0. The Morgan fingerprint density at radius 1 is 0.500 bits per heavy atom. The number of phosphoric ester groups is 1. The maximum absolute atomic E-state index is 12.6. The molecule has 0 saturated carbocycles. The van der Waals surface area contributed by atoms with Crippen LogP contribution < -0.4 is 5.73 Å². The lowest BCUT2D eigenvalue weighted by molar-refractivity contribution is -0.154. The first-order chi connectivity index (χ1) is 25.4. The molecule has 3 N–H and O–H groups in total. The summed E-state index contributed by atoms with van der Waals surface area (Å²) in [6.45, 7) is 4.98. The summed E-state index contributed by atoms with van der Waals surface area (Å²) in [7, 11) is -4.27. The van der Waals surface area contributed by atoms with Crippen LogP contribution in [0, 0.1) is 0 Å². The largest absolute Gasteiger partial charge is 0.472 e. The summed E-state index contributed by atoms with van der Waals surface area (Å²) in [6.07, 6.45) is 42.6. The van der Waals surface area contributed by atoms with Gasteiger partial charge in [-0.2, -0.15) is 0 Å². The van der Waals surface area contributed by atoms with Gasteiger partial charge in [0.05, 0.1) is 19.8 Å². The average molecular weight is 762 g/mol. The van der Waals surface area contributed by atoms with Crippen molar-refractivity contribution in [2.45, 2.75) is 238 Å². The fraction of sp³-hybridized carbons (Fsp3) is 0.977. The lowest BCUT2D eigenvalue weighted by Gasteiger charge is -2.20. The summed E-state index contributed by atoms with van der Waals surface area (Å²) < 4.78 is 33.4. The lowest BCUT2D eigenvalue weighted by Crippen LogP contribution is -2.28. The second-order valence-corrected chi connectivity index (χ2v) is 16.7. The molecule has 0 radical (unpaired) electrons. The highest BCUT2D eigenvalue weighted by molar-refractivity contribution is 7.47. The normalized spacial score (nSPS) is 13.4. The van der Waals surface area contributed by atoms with E-state index in [1.54, 1.807) is 0 Å². The van der Waals surface area contributed by atoms with Gasteiger partial charge >= 0.3 is 13.8 Å². The van der Waals surface area contributed by atoms with Gasteiger partial charge in [-0.1, -0.05) is 213 Å². The Balaban J connectivity index is 3.92. The quantitative estimate of drug-likeness (QED) is 0.0358. The number of phosphoric acid groups is 1. The van der Waals surface area contributed by atoms with Crippen molar-refractivity contribution in [2.24, 2.45) is 5.73 Å². The van der Waals surface area contributed by atoms with Crippen molar-refractivity contribution in [1.82, 2.24) is 0 Å². The van der Waals surface area contributed by atoms with Gasteiger partial charge in [-0.3, -0.25) is 13.8 Å². The van der Waals surface area contributed by atoms with Gasteiger partial charge in [-0.15, -0.1) is 0 Å². The minimum Gasteiger partial charge on any atom is -0.457 e. The van der Waals surface area contributed by atoms with E-state index in [0.29, 0.717) is 13.0 Å². The topological polar surface area (TPSA) is 117 Å². The zero-order valence-corrected chi connectivity index (χ0v) is 35.5. The molecule has 0 aromatic carbocycles.